The molecule has 0 atom stereocenters. The van der Waals surface area contributed by atoms with Crippen LogP contribution >= 0.6 is 0 Å². The van der Waals surface area contributed by atoms with Crippen molar-refractivity contribution in [2.75, 3.05) is 6.61 Å². The maximum absolute atomic E-state index is 12.5. The lowest BCUT2D eigenvalue weighted by molar-refractivity contribution is 0.309. The first kappa shape index (κ1) is 20.0. The van der Waals surface area contributed by atoms with Crippen LogP contribution in [-0.2, 0) is 16.6 Å². The van der Waals surface area contributed by atoms with Crippen molar-refractivity contribution < 1.29 is 13.2 Å². The quantitative estimate of drug-likeness (QED) is 0.556. The molecule has 0 saturated carbocycles. The maximum Gasteiger partial charge on any atom is 0.240 e. The summed E-state index contributed by atoms with van der Waals surface area (Å²) in [5, 5.41) is 0. The summed E-state index contributed by atoms with van der Waals surface area (Å²) >= 11 is 0. The second kappa shape index (κ2) is 9.43. The predicted octanol–water partition coefficient (Wildman–Crippen LogP) is 3.80. The van der Waals surface area contributed by atoms with Crippen molar-refractivity contribution in [2.45, 2.75) is 31.2 Å². The average Bonchev–Trinajstić information content (AvgIpc) is 2.74. The number of nitrogens with zero attached hydrogens (tertiary/aromatic N) is 2. The average molecular weight is 398 g/mol. The minimum Gasteiger partial charge on any atom is -0.494 e. The fourth-order valence-corrected chi connectivity index (χ4v) is 3.56. The van der Waals surface area contributed by atoms with Gasteiger partial charge in [-0.3, -0.25) is 0 Å². The second-order valence-corrected chi connectivity index (χ2v) is 8.03. The number of hydrogen-bond acceptors (Lipinski definition) is 5. The first-order valence-corrected chi connectivity index (χ1v) is 10.7. The Morgan fingerprint density at radius 3 is 2.46 bits per heavy atom. The molecule has 7 heteroatoms. The number of sulfonamides is 1. The van der Waals surface area contributed by atoms with Crippen molar-refractivity contribution in [1.82, 2.24) is 14.7 Å². The number of nitrogens with one attached hydrogen (secondary N) is 1. The molecule has 0 aliphatic carbocycles. The maximum atomic E-state index is 12.5. The molecule has 2 aromatic carbocycles. The summed E-state index contributed by atoms with van der Waals surface area (Å²) in [6, 6.07) is 17.9. The van der Waals surface area contributed by atoms with Crippen molar-refractivity contribution in [3.05, 3.63) is 72.7 Å². The summed E-state index contributed by atoms with van der Waals surface area (Å²) in [5.41, 5.74) is 2.29. The largest absolute Gasteiger partial charge is 0.494 e. The Balaban J connectivity index is 1.65. The molecule has 0 saturated heterocycles. The number of ether oxygens (including phenoxy) is 1. The van der Waals surface area contributed by atoms with Gasteiger partial charge in [-0.25, -0.2) is 23.1 Å². The SMILES string of the molecule is CCCCOc1ccc(S(=O)(=O)NCc2cc(-c3ccccc3)ncn2)cc1. The van der Waals surface area contributed by atoms with Crippen molar-refractivity contribution in [1.29, 1.82) is 0 Å². The van der Waals surface area contributed by atoms with Gasteiger partial charge in [0.15, 0.2) is 0 Å². The van der Waals surface area contributed by atoms with E-state index in [9.17, 15) is 8.42 Å². The van der Waals surface area contributed by atoms with E-state index < -0.39 is 10.0 Å². The van der Waals surface area contributed by atoms with Crippen molar-refractivity contribution >= 4 is 10.0 Å². The zero-order chi connectivity index (χ0) is 19.8. The molecule has 0 spiro atoms. The van der Waals surface area contributed by atoms with Crippen molar-refractivity contribution in [3.63, 3.8) is 0 Å². The van der Waals surface area contributed by atoms with Crippen LogP contribution in [0, 0.1) is 0 Å². The van der Waals surface area contributed by atoms with Gasteiger partial charge in [-0.05, 0) is 36.8 Å². The van der Waals surface area contributed by atoms with E-state index in [2.05, 4.69) is 21.6 Å². The van der Waals surface area contributed by atoms with Gasteiger partial charge in [0.05, 0.1) is 29.4 Å². The fourth-order valence-electron chi connectivity index (χ4n) is 2.56. The summed E-state index contributed by atoms with van der Waals surface area (Å²) < 4.78 is 33.2. The van der Waals surface area contributed by atoms with Gasteiger partial charge in [-0.1, -0.05) is 43.7 Å². The topological polar surface area (TPSA) is 81.2 Å². The van der Waals surface area contributed by atoms with Gasteiger partial charge in [0.2, 0.25) is 10.0 Å². The molecule has 28 heavy (non-hydrogen) atoms. The molecule has 0 bridgehead atoms. The first-order chi connectivity index (χ1) is 13.6. The minimum atomic E-state index is -3.64. The number of rotatable bonds is 9. The Morgan fingerprint density at radius 2 is 1.75 bits per heavy atom. The van der Waals surface area contributed by atoms with E-state index in [4.69, 9.17) is 4.74 Å². The number of unbranched alkanes of at least 4 members (excludes halogenated alkanes) is 1. The van der Waals surface area contributed by atoms with Gasteiger partial charge in [-0.15, -0.1) is 0 Å². The molecule has 0 aliphatic heterocycles. The summed E-state index contributed by atoms with van der Waals surface area (Å²) in [6.07, 6.45) is 3.45. The Kier molecular flexibility index (Phi) is 6.73. The minimum absolute atomic E-state index is 0.0828. The van der Waals surface area contributed by atoms with Crippen LogP contribution in [0.25, 0.3) is 11.3 Å². The summed E-state index contributed by atoms with van der Waals surface area (Å²) in [4.78, 5) is 8.60. The molecule has 0 fully saturated rings. The van der Waals surface area contributed by atoms with Gasteiger partial charge >= 0.3 is 0 Å². The second-order valence-electron chi connectivity index (χ2n) is 6.26. The Bertz CT molecular complexity index is 991. The van der Waals surface area contributed by atoms with Crippen LogP contribution in [-0.4, -0.2) is 25.0 Å². The van der Waals surface area contributed by atoms with E-state index in [1.165, 1.54) is 6.33 Å². The Labute approximate surface area is 165 Å². The lowest BCUT2D eigenvalue weighted by Crippen LogP contribution is -2.23. The van der Waals surface area contributed by atoms with Crippen LogP contribution in [0.3, 0.4) is 0 Å². The Morgan fingerprint density at radius 1 is 1.00 bits per heavy atom. The highest BCUT2D eigenvalue weighted by atomic mass is 32.2. The van der Waals surface area contributed by atoms with E-state index >= 15 is 0 Å². The summed E-state index contributed by atoms with van der Waals surface area (Å²) in [5.74, 6) is 0.663. The molecule has 0 amide bonds. The molecule has 0 unspecified atom stereocenters. The van der Waals surface area contributed by atoms with Gasteiger partial charge in [0.25, 0.3) is 0 Å². The lowest BCUT2D eigenvalue weighted by Gasteiger charge is -2.09. The normalized spacial score (nSPS) is 11.3. The van der Waals surface area contributed by atoms with E-state index in [0.717, 1.165) is 24.1 Å². The summed E-state index contributed by atoms with van der Waals surface area (Å²) in [7, 11) is -3.64. The predicted molar refractivity (Wildman–Crippen MR) is 108 cm³/mol. The van der Waals surface area contributed by atoms with Crippen LogP contribution in [0.1, 0.15) is 25.5 Å². The molecule has 6 nitrogen and oxygen atoms in total. The highest BCUT2D eigenvalue weighted by Gasteiger charge is 2.14. The number of benzene rings is 2. The third kappa shape index (κ3) is 5.37. The molecule has 1 N–H and O–H groups in total. The third-order valence-corrected chi connectivity index (χ3v) is 5.55. The van der Waals surface area contributed by atoms with Gasteiger partial charge in [-0.2, -0.15) is 0 Å². The van der Waals surface area contributed by atoms with Crippen LogP contribution in [0.15, 0.2) is 71.9 Å². The first-order valence-electron chi connectivity index (χ1n) is 9.17. The smallest absolute Gasteiger partial charge is 0.240 e. The van der Waals surface area contributed by atoms with Crippen LogP contribution in [0.4, 0.5) is 0 Å². The molecule has 3 aromatic rings. The molecule has 146 valence electrons. The molecular weight excluding hydrogens is 374 g/mol. The van der Waals surface area contributed by atoms with Crippen LogP contribution < -0.4 is 9.46 Å². The van der Waals surface area contributed by atoms with Crippen molar-refractivity contribution in [3.8, 4) is 17.0 Å². The molecular formula is C21H23N3O3S. The lowest BCUT2D eigenvalue weighted by atomic mass is 10.1. The van der Waals surface area contributed by atoms with Crippen molar-refractivity contribution in [2.24, 2.45) is 0 Å². The van der Waals surface area contributed by atoms with Crippen LogP contribution in [0.5, 0.6) is 5.75 Å². The fraction of sp³-hybridized carbons (Fsp3) is 0.238. The molecule has 1 aromatic heterocycles. The number of hydrogen-bond donors (Lipinski definition) is 1. The summed E-state index contributed by atoms with van der Waals surface area (Å²) in [6.45, 7) is 2.79. The standard InChI is InChI=1S/C21H23N3O3S/c1-2-3-13-27-19-9-11-20(12-10-19)28(25,26)24-15-18-14-21(23-16-22-18)17-7-5-4-6-8-17/h4-12,14,16,24H,2-3,13,15H2,1H3. The highest BCUT2D eigenvalue weighted by molar-refractivity contribution is 7.89. The number of aromatic nitrogens is 2. The Hall–Kier alpha value is -2.77. The van der Waals surface area contributed by atoms with Gasteiger partial charge in [0, 0.05) is 5.56 Å². The highest BCUT2D eigenvalue weighted by Crippen LogP contribution is 2.18. The van der Waals surface area contributed by atoms with E-state index in [0.29, 0.717) is 18.1 Å². The van der Waals surface area contributed by atoms with Gasteiger partial charge < -0.3 is 4.74 Å². The molecule has 0 radical (unpaired) electrons. The zero-order valence-corrected chi connectivity index (χ0v) is 16.5. The van der Waals surface area contributed by atoms with E-state index in [1.54, 1.807) is 30.3 Å². The van der Waals surface area contributed by atoms with E-state index in [-0.39, 0.29) is 11.4 Å². The third-order valence-electron chi connectivity index (χ3n) is 4.14. The monoisotopic (exact) mass is 397 g/mol. The van der Waals surface area contributed by atoms with E-state index in [1.807, 2.05) is 30.3 Å². The molecule has 0 aliphatic rings. The molecule has 3 rings (SSSR count). The molecule has 1 heterocycles. The van der Waals surface area contributed by atoms with Gasteiger partial charge in [0.1, 0.15) is 12.1 Å². The zero-order valence-electron chi connectivity index (χ0n) is 15.7. The van der Waals surface area contributed by atoms with Crippen LogP contribution in [0.2, 0.25) is 0 Å².